The molecule has 1 heterocycles. The number of halogens is 2. The Kier molecular flexibility index (Phi) is 7.49. The zero-order valence-corrected chi connectivity index (χ0v) is 16.6. The second-order valence-corrected chi connectivity index (χ2v) is 7.28. The minimum atomic E-state index is -0.313. The highest BCUT2D eigenvalue weighted by atomic mass is 19.1. The van der Waals surface area contributed by atoms with Crippen LogP contribution < -0.4 is 5.32 Å². The number of nitrogens with one attached hydrogen (secondary N) is 1. The summed E-state index contributed by atoms with van der Waals surface area (Å²) in [6, 6.07) is 11.9. The molecule has 156 valence electrons. The number of benzene rings is 2. The number of carbonyl (C=O) groups is 2. The molecule has 30 heavy (non-hydrogen) atoms. The van der Waals surface area contributed by atoms with E-state index in [9.17, 15) is 18.4 Å². The lowest BCUT2D eigenvalue weighted by Gasteiger charge is -2.31. The first-order chi connectivity index (χ1) is 14.5. The molecule has 1 N–H and O–H groups in total. The summed E-state index contributed by atoms with van der Waals surface area (Å²) < 4.78 is 25.8. The largest absolute Gasteiger partial charge is 0.352 e. The Labute approximate surface area is 174 Å². The fraction of sp³-hybridized carbons (Fsp3) is 0.250. The number of amides is 2. The number of hydrogen-bond acceptors (Lipinski definition) is 2. The number of nitrogens with zero attached hydrogens (tertiary/aromatic N) is 1. The molecule has 0 bridgehead atoms. The molecule has 0 aliphatic carbocycles. The molecular weight excluding hydrogens is 386 g/mol. The third-order valence-electron chi connectivity index (χ3n) is 5.08. The molecule has 1 saturated heterocycles. The van der Waals surface area contributed by atoms with Crippen LogP contribution >= 0.6 is 0 Å². The molecule has 2 aromatic carbocycles. The zero-order chi connectivity index (χ0) is 21.3. The van der Waals surface area contributed by atoms with E-state index >= 15 is 0 Å². The molecule has 1 aliphatic heterocycles. The summed E-state index contributed by atoms with van der Waals surface area (Å²) in [6.45, 7) is 1.83. The van der Waals surface area contributed by atoms with E-state index in [4.69, 9.17) is 0 Å². The van der Waals surface area contributed by atoms with Crippen LogP contribution in [0.25, 0.3) is 12.2 Å². The molecule has 2 aromatic rings. The van der Waals surface area contributed by atoms with Crippen molar-refractivity contribution in [2.45, 2.75) is 12.8 Å². The molecule has 1 aliphatic rings. The molecule has 0 unspecified atom stereocenters. The van der Waals surface area contributed by atoms with E-state index in [1.807, 2.05) is 0 Å². The van der Waals surface area contributed by atoms with Crippen LogP contribution in [0.5, 0.6) is 0 Å². The van der Waals surface area contributed by atoms with Gasteiger partial charge in [-0.15, -0.1) is 0 Å². The Morgan fingerprint density at radius 2 is 1.37 bits per heavy atom. The van der Waals surface area contributed by atoms with Crippen LogP contribution in [0.1, 0.15) is 24.0 Å². The Morgan fingerprint density at radius 1 is 0.867 bits per heavy atom. The minimum absolute atomic E-state index is 0.0657. The maximum absolute atomic E-state index is 12.9. The van der Waals surface area contributed by atoms with E-state index in [1.54, 1.807) is 41.3 Å². The maximum Gasteiger partial charge on any atom is 0.246 e. The second-order valence-electron chi connectivity index (χ2n) is 7.28. The van der Waals surface area contributed by atoms with Gasteiger partial charge in [0.1, 0.15) is 11.6 Å². The van der Waals surface area contributed by atoms with Gasteiger partial charge in [-0.2, -0.15) is 0 Å². The Bertz CT molecular complexity index is 913. The van der Waals surface area contributed by atoms with Gasteiger partial charge in [0.25, 0.3) is 0 Å². The molecule has 0 atom stereocenters. The van der Waals surface area contributed by atoms with E-state index in [1.165, 1.54) is 36.4 Å². The van der Waals surface area contributed by atoms with Gasteiger partial charge in [-0.1, -0.05) is 24.3 Å². The van der Waals surface area contributed by atoms with Gasteiger partial charge in [-0.25, -0.2) is 8.78 Å². The van der Waals surface area contributed by atoms with Crippen LogP contribution in [0.15, 0.2) is 60.7 Å². The highest BCUT2D eigenvalue weighted by molar-refractivity contribution is 5.92. The van der Waals surface area contributed by atoms with E-state index in [0.29, 0.717) is 25.6 Å². The average Bonchev–Trinajstić information content (AvgIpc) is 2.77. The molecule has 6 heteroatoms. The van der Waals surface area contributed by atoms with Crippen LogP contribution in [0.3, 0.4) is 0 Å². The highest BCUT2D eigenvalue weighted by Gasteiger charge is 2.21. The molecule has 3 rings (SSSR count). The maximum atomic E-state index is 12.9. The number of likely N-dealkylation sites (tertiary alicyclic amines) is 1. The molecule has 0 saturated carbocycles. The summed E-state index contributed by atoms with van der Waals surface area (Å²) in [6.07, 6.45) is 7.91. The molecular formula is C24H24F2N2O2. The van der Waals surface area contributed by atoms with Crippen molar-refractivity contribution in [1.82, 2.24) is 10.2 Å². The summed E-state index contributed by atoms with van der Waals surface area (Å²) >= 11 is 0. The van der Waals surface area contributed by atoms with Crippen molar-refractivity contribution < 1.29 is 18.4 Å². The Balaban J connectivity index is 1.38. The normalized spacial score (nSPS) is 15.1. The van der Waals surface area contributed by atoms with Gasteiger partial charge in [0.15, 0.2) is 0 Å². The molecule has 1 fully saturated rings. The average molecular weight is 410 g/mol. The number of rotatable bonds is 6. The van der Waals surface area contributed by atoms with Crippen LogP contribution in [-0.2, 0) is 9.59 Å². The lowest BCUT2D eigenvalue weighted by molar-refractivity contribution is -0.127. The number of piperidine rings is 1. The van der Waals surface area contributed by atoms with Crippen molar-refractivity contribution in [2.24, 2.45) is 5.92 Å². The summed E-state index contributed by atoms with van der Waals surface area (Å²) in [5.41, 5.74) is 1.53. The minimum Gasteiger partial charge on any atom is -0.352 e. The topological polar surface area (TPSA) is 49.4 Å². The van der Waals surface area contributed by atoms with Crippen LogP contribution in [0.2, 0.25) is 0 Å². The molecule has 0 spiro atoms. The lowest BCUT2D eigenvalue weighted by Crippen LogP contribution is -2.40. The highest BCUT2D eigenvalue weighted by Crippen LogP contribution is 2.17. The number of hydrogen-bond donors (Lipinski definition) is 1. The molecule has 4 nitrogen and oxygen atoms in total. The second kappa shape index (κ2) is 10.5. The van der Waals surface area contributed by atoms with Crippen molar-refractivity contribution in [1.29, 1.82) is 0 Å². The quantitative estimate of drug-likeness (QED) is 0.731. The standard InChI is InChI=1S/C24H24F2N2O2/c25-21-7-1-18(2-8-21)5-11-23(29)27-17-20-13-15-28(16-14-20)24(30)12-6-19-3-9-22(26)10-4-19/h1-12,20H,13-17H2,(H,27,29). The first-order valence-corrected chi connectivity index (χ1v) is 9.93. The first kappa shape index (κ1) is 21.4. The predicted octanol–water partition coefficient (Wildman–Crippen LogP) is 4.05. The SMILES string of the molecule is O=C(C=Cc1ccc(F)cc1)NCC1CCN(C(=O)C=Cc2ccc(F)cc2)CC1. The van der Waals surface area contributed by atoms with E-state index < -0.39 is 0 Å². The van der Waals surface area contributed by atoms with E-state index in [0.717, 1.165) is 24.0 Å². The third-order valence-corrected chi connectivity index (χ3v) is 5.08. The Morgan fingerprint density at radius 3 is 1.90 bits per heavy atom. The lowest BCUT2D eigenvalue weighted by atomic mass is 9.96. The van der Waals surface area contributed by atoms with Crippen LogP contribution in [0, 0.1) is 17.6 Å². The van der Waals surface area contributed by atoms with Gasteiger partial charge in [0, 0.05) is 31.8 Å². The van der Waals surface area contributed by atoms with Crippen molar-refractivity contribution in [3.63, 3.8) is 0 Å². The first-order valence-electron chi connectivity index (χ1n) is 9.93. The third kappa shape index (κ3) is 6.65. The Hall–Kier alpha value is -3.28. The van der Waals surface area contributed by atoms with Gasteiger partial charge in [0.2, 0.25) is 11.8 Å². The van der Waals surface area contributed by atoms with Gasteiger partial charge in [-0.3, -0.25) is 9.59 Å². The van der Waals surface area contributed by atoms with E-state index in [-0.39, 0.29) is 23.4 Å². The van der Waals surface area contributed by atoms with Crippen molar-refractivity contribution in [3.8, 4) is 0 Å². The van der Waals surface area contributed by atoms with Gasteiger partial charge in [-0.05, 0) is 66.3 Å². The van der Waals surface area contributed by atoms with Crippen LogP contribution in [0.4, 0.5) is 8.78 Å². The van der Waals surface area contributed by atoms with Crippen molar-refractivity contribution in [2.75, 3.05) is 19.6 Å². The summed E-state index contributed by atoms with van der Waals surface area (Å²) in [5.74, 6) is -0.562. The van der Waals surface area contributed by atoms with Gasteiger partial charge in [0.05, 0.1) is 0 Å². The predicted molar refractivity (Wildman–Crippen MR) is 113 cm³/mol. The molecule has 2 amide bonds. The fourth-order valence-corrected chi connectivity index (χ4v) is 3.25. The van der Waals surface area contributed by atoms with Gasteiger partial charge >= 0.3 is 0 Å². The molecule has 0 aromatic heterocycles. The smallest absolute Gasteiger partial charge is 0.246 e. The fourth-order valence-electron chi connectivity index (χ4n) is 3.25. The van der Waals surface area contributed by atoms with Crippen molar-refractivity contribution >= 4 is 24.0 Å². The zero-order valence-electron chi connectivity index (χ0n) is 16.6. The number of carbonyl (C=O) groups excluding carboxylic acids is 2. The monoisotopic (exact) mass is 410 g/mol. The van der Waals surface area contributed by atoms with Gasteiger partial charge < -0.3 is 10.2 Å². The molecule has 0 radical (unpaired) electrons. The van der Waals surface area contributed by atoms with E-state index in [2.05, 4.69) is 5.32 Å². The summed E-state index contributed by atoms with van der Waals surface area (Å²) in [4.78, 5) is 26.1. The van der Waals surface area contributed by atoms with Crippen molar-refractivity contribution in [3.05, 3.63) is 83.4 Å². The van der Waals surface area contributed by atoms with Crippen LogP contribution in [-0.4, -0.2) is 36.3 Å². The summed E-state index contributed by atoms with van der Waals surface area (Å²) in [7, 11) is 0. The summed E-state index contributed by atoms with van der Waals surface area (Å²) in [5, 5.41) is 2.88.